The molecule has 0 atom stereocenters. The molecule has 0 saturated heterocycles. The van der Waals surface area contributed by atoms with Gasteiger partial charge >= 0.3 is 12.1 Å². The molecule has 0 radical (unpaired) electrons. The van der Waals surface area contributed by atoms with Crippen LogP contribution in [0.3, 0.4) is 0 Å². The molecule has 1 aromatic heterocycles. The van der Waals surface area contributed by atoms with Gasteiger partial charge in [-0.3, -0.25) is 14.3 Å². The Morgan fingerprint density at radius 2 is 1.93 bits per heavy atom. The quantitative estimate of drug-likeness (QED) is 0.776. The summed E-state index contributed by atoms with van der Waals surface area (Å²) in [7, 11) is 0. The summed E-state index contributed by atoms with van der Waals surface area (Å²) >= 11 is 0. The summed E-state index contributed by atoms with van der Waals surface area (Å²) in [6, 6.07) is 5.58. The number of hydrogen-bond donors (Lipinski definition) is 1. The lowest BCUT2D eigenvalue weighted by Gasteiger charge is -2.10. The van der Waals surface area contributed by atoms with E-state index in [-0.39, 0.29) is 0 Å². The third-order valence-corrected chi connectivity index (χ3v) is 3.62. The second-order valence-corrected chi connectivity index (χ2v) is 5.82. The normalized spacial score (nSPS) is 13.5. The largest absolute Gasteiger partial charge is 0.490 e. The molecule has 1 aromatic carbocycles. The highest BCUT2D eigenvalue weighted by Crippen LogP contribution is 2.32. The highest BCUT2D eigenvalue weighted by atomic mass is 19.4. The average Bonchev–Trinajstić information content (AvgIpc) is 2.98. The second-order valence-electron chi connectivity index (χ2n) is 5.82. The standard InChI is InChI=1S/C17H16F3N3O5/c18-17(19,20)14-4-5-23(22-14)9-16(25)28-10-15(24)21-11-2-3-12-13(8-11)27-7-1-6-26-12/h2-5,8H,1,6-7,9-10H2,(H,21,24). The van der Waals surface area contributed by atoms with Crippen molar-refractivity contribution in [2.24, 2.45) is 0 Å². The van der Waals surface area contributed by atoms with Crippen LogP contribution in [0, 0.1) is 0 Å². The van der Waals surface area contributed by atoms with Crippen LogP contribution in [0.2, 0.25) is 0 Å². The van der Waals surface area contributed by atoms with E-state index >= 15 is 0 Å². The van der Waals surface area contributed by atoms with Gasteiger partial charge in [0.15, 0.2) is 23.8 Å². The molecule has 0 saturated carbocycles. The van der Waals surface area contributed by atoms with E-state index in [1.54, 1.807) is 18.2 Å². The minimum absolute atomic E-state index is 0.423. The maximum absolute atomic E-state index is 12.5. The number of anilines is 1. The lowest BCUT2D eigenvalue weighted by Crippen LogP contribution is -2.23. The fourth-order valence-corrected chi connectivity index (χ4v) is 2.36. The Kier molecular flexibility index (Phi) is 5.71. The van der Waals surface area contributed by atoms with Crippen LogP contribution in [0.15, 0.2) is 30.5 Å². The molecule has 3 rings (SSSR count). The van der Waals surface area contributed by atoms with Crippen LogP contribution in [-0.4, -0.2) is 41.5 Å². The van der Waals surface area contributed by atoms with Gasteiger partial charge in [0, 0.05) is 24.4 Å². The summed E-state index contributed by atoms with van der Waals surface area (Å²) in [5, 5.41) is 5.76. The number of nitrogens with one attached hydrogen (secondary N) is 1. The van der Waals surface area contributed by atoms with Crippen molar-refractivity contribution >= 4 is 17.6 Å². The van der Waals surface area contributed by atoms with Crippen LogP contribution in [-0.2, 0) is 27.0 Å². The van der Waals surface area contributed by atoms with Crippen LogP contribution < -0.4 is 14.8 Å². The number of aromatic nitrogens is 2. The topological polar surface area (TPSA) is 91.7 Å². The Hall–Kier alpha value is -3.24. The molecule has 150 valence electrons. The minimum atomic E-state index is -4.60. The van der Waals surface area contributed by atoms with Gasteiger partial charge in [-0.15, -0.1) is 0 Å². The number of benzene rings is 1. The zero-order valence-electron chi connectivity index (χ0n) is 14.5. The third kappa shape index (κ3) is 5.15. The SMILES string of the molecule is O=C(COC(=O)Cn1ccc(C(F)(F)F)n1)Nc1ccc2c(c1)OCCCO2. The van der Waals surface area contributed by atoms with Crippen LogP contribution in [0.4, 0.5) is 18.9 Å². The van der Waals surface area contributed by atoms with Crippen LogP contribution in [0.5, 0.6) is 11.5 Å². The number of fused-ring (bicyclic) bond motifs is 1. The van der Waals surface area contributed by atoms with Crippen LogP contribution in [0.1, 0.15) is 12.1 Å². The molecule has 2 heterocycles. The van der Waals surface area contributed by atoms with E-state index < -0.39 is 36.9 Å². The molecule has 0 unspecified atom stereocenters. The zero-order valence-corrected chi connectivity index (χ0v) is 14.5. The Morgan fingerprint density at radius 3 is 2.64 bits per heavy atom. The molecule has 28 heavy (non-hydrogen) atoms. The Morgan fingerprint density at radius 1 is 1.18 bits per heavy atom. The fraction of sp³-hybridized carbons (Fsp3) is 0.353. The number of halogens is 3. The first-order chi connectivity index (χ1) is 13.3. The van der Waals surface area contributed by atoms with Crippen molar-refractivity contribution in [2.75, 3.05) is 25.1 Å². The zero-order chi connectivity index (χ0) is 20.1. The highest BCUT2D eigenvalue weighted by Gasteiger charge is 2.33. The Balaban J connectivity index is 1.48. The molecular weight excluding hydrogens is 383 g/mol. The molecule has 0 bridgehead atoms. The first kappa shape index (κ1) is 19.5. The highest BCUT2D eigenvalue weighted by molar-refractivity contribution is 5.93. The van der Waals surface area contributed by atoms with Gasteiger partial charge < -0.3 is 19.5 Å². The molecule has 0 spiro atoms. The van der Waals surface area contributed by atoms with E-state index in [1.165, 1.54) is 0 Å². The summed E-state index contributed by atoms with van der Waals surface area (Å²) in [6.45, 7) is -0.116. The lowest BCUT2D eigenvalue weighted by molar-refractivity contribution is -0.148. The number of carbonyl (C=O) groups is 2. The number of nitrogens with zero attached hydrogens (tertiary/aromatic N) is 2. The Bertz CT molecular complexity index is 866. The van der Waals surface area contributed by atoms with E-state index in [0.717, 1.165) is 23.4 Å². The molecule has 0 fully saturated rings. The molecular formula is C17H16F3N3O5. The molecule has 8 nitrogen and oxygen atoms in total. The fourth-order valence-electron chi connectivity index (χ4n) is 2.36. The van der Waals surface area contributed by atoms with Crippen molar-refractivity contribution in [3.63, 3.8) is 0 Å². The maximum atomic E-state index is 12.5. The van der Waals surface area contributed by atoms with Crippen molar-refractivity contribution in [3.05, 3.63) is 36.2 Å². The summed E-state index contributed by atoms with van der Waals surface area (Å²) in [5.74, 6) is -0.448. The van der Waals surface area contributed by atoms with Crippen molar-refractivity contribution in [1.29, 1.82) is 0 Å². The van der Waals surface area contributed by atoms with Gasteiger partial charge in [-0.2, -0.15) is 18.3 Å². The monoisotopic (exact) mass is 399 g/mol. The number of rotatable bonds is 5. The lowest BCUT2D eigenvalue weighted by atomic mass is 10.2. The van der Waals surface area contributed by atoms with Gasteiger partial charge in [-0.05, 0) is 18.2 Å². The molecule has 1 amide bonds. The number of alkyl halides is 3. The van der Waals surface area contributed by atoms with Gasteiger partial charge in [-0.1, -0.05) is 0 Å². The van der Waals surface area contributed by atoms with Crippen LogP contribution in [0.25, 0.3) is 0 Å². The number of esters is 1. The van der Waals surface area contributed by atoms with Gasteiger partial charge in [0.25, 0.3) is 5.91 Å². The first-order valence-corrected chi connectivity index (χ1v) is 8.27. The van der Waals surface area contributed by atoms with E-state index in [9.17, 15) is 22.8 Å². The molecule has 1 N–H and O–H groups in total. The van der Waals surface area contributed by atoms with Crippen molar-refractivity contribution in [3.8, 4) is 11.5 Å². The molecule has 1 aliphatic heterocycles. The summed E-state index contributed by atoms with van der Waals surface area (Å²) < 4.78 is 53.9. The molecule has 0 aliphatic carbocycles. The van der Waals surface area contributed by atoms with Crippen molar-refractivity contribution < 1.29 is 37.0 Å². The first-order valence-electron chi connectivity index (χ1n) is 8.27. The minimum Gasteiger partial charge on any atom is -0.490 e. The molecule has 11 heteroatoms. The summed E-state index contributed by atoms with van der Waals surface area (Å²) in [4.78, 5) is 23.6. The summed E-state index contributed by atoms with van der Waals surface area (Å²) in [6.07, 6.45) is -2.85. The van der Waals surface area contributed by atoms with Gasteiger partial charge in [0.1, 0.15) is 6.54 Å². The van der Waals surface area contributed by atoms with Gasteiger partial charge in [0.05, 0.1) is 13.2 Å². The van der Waals surface area contributed by atoms with E-state index in [0.29, 0.717) is 30.4 Å². The van der Waals surface area contributed by atoms with Crippen LogP contribution >= 0.6 is 0 Å². The number of amides is 1. The summed E-state index contributed by atoms with van der Waals surface area (Å²) in [5.41, 5.74) is -0.695. The van der Waals surface area contributed by atoms with Crippen molar-refractivity contribution in [1.82, 2.24) is 9.78 Å². The van der Waals surface area contributed by atoms with Gasteiger partial charge in [0.2, 0.25) is 0 Å². The predicted octanol–water partition coefficient (Wildman–Crippen LogP) is 2.25. The molecule has 2 aromatic rings. The van der Waals surface area contributed by atoms with E-state index in [2.05, 4.69) is 10.4 Å². The third-order valence-electron chi connectivity index (χ3n) is 3.62. The Labute approximate surface area is 157 Å². The van der Waals surface area contributed by atoms with Crippen molar-refractivity contribution in [2.45, 2.75) is 19.1 Å². The smallest absolute Gasteiger partial charge is 0.435 e. The average molecular weight is 399 g/mol. The van der Waals surface area contributed by atoms with Gasteiger partial charge in [-0.25, -0.2) is 0 Å². The number of ether oxygens (including phenoxy) is 3. The molecule has 1 aliphatic rings. The number of carbonyl (C=O) groups excluding carboxylic acids is 2. The number of hydrogen-bond acceptors (Lipinski definition) is 6. The predicted molar refractivity (Wildman–Crippen MR) is 88.9 cm³/mol. The van der Waals surface area contributed by atoms with E-state index in [1.807, 2.05) is 0 Å². The maximum Gasteiger partial charge on any atom is 0.435 e. The van der Waals surface area contributed by atoms with E-state index in [4.69, 9.17) is 14.2 Å². The second kappa shape index (κ2) is 8.19.